The molecule has 1 heterocycles. The summed E-state index contributed by atoms with van der Waals surface area (Å²) in [7, 11) is 0. The van der Waals surface area contributed by atoms with E-state index in [1.165, 1.54) is 6.07 Å². The molecule has 1 aromatic carbocycles. The van der Waals surface area contributed by atoms with E-state index in [-0.39, 0.29) is 11.9 Å². The topological polar surface area (TPSA) is 24.9 Å². The molecule has 94 valence electrons. The van der Waals surface area contributed by atoms with Gasteiger partial charge in [-0.1, -0.05) is 19.1 Å². The number of nitrogens with one attached hydrogen (secondary N) is 1. The molecule has 0 aliphatic heterocycles. The van der Waals surface area contributed by atoms with Crippen LogP contribution in [-0.4, -0.2) is 4.98 Å². The Bertz CT molecular complexity index is 525. The Morgan fingerprint density at radius 2 is 2.11 bits per heavy atom. The standard InChI is InChI=1S/C15H17FN2/c1-3-14(12-6-4-7-13(16)10-12)18-15-8-5-9-17-11(15)2/h4-10,14,18H,3H2,1-2H3. The number of pyridine rings is 1. The number of hydrogen-bond acceptors (Lipinski definition) is 2. The molecule has 18 heavy (non-hydrogen) atoms. The van der Waals surface area contributed by atoms with Gasteiger partial charge in [0, 0.05) is 6.20 Å². The lowest BCUT2D eigenvalue weighted by Crippen LogP contribution is -2.11. The lowest BCUT2D eigenvalue weighted by molar-refractivity contribution is 0.620. The molecule has 0 amide bonds. The number of rotatable bonds is 4. The zero-order valence-electron chi connectivity index (χ0n) is 10.7. The fourth-order valence-electron chi connectivity index (χ4n) is 1.97. The van der Waals surface area contributed by atoms with Crippen LogP contribution in [0.3, 0.4) is 0 Å². The summed E-state index contributed by atoms with van der Waals surface area (Å²) >= 11 is 0. The van der Waals surface area contributed by atoms with Crippen molar-refractivity contribution >= 4 is 5.69 Å². The quantitative estimate of drug-likeness (QED) is 0.876. The van der Waals surface area contributed by atoms with Gasteiger partial charge in [0.05, 0.1) is 17.4 Å². The SMILES string of the molecule is CCC(Nc1cccnc1C)c1cccc(F)c1. The molecule has 0 aliphatic rings. The largest absolute Gasteiger partial charge is 0.377 e. The van der Waals surface area contributed by atoms with Crippen LogP contribution in [0.25, 0.3) is 0 Å². The lowest BCUT2D eigenvalue weighted by atomic mass is 10.0. The number of anilines is 1. The van der Waals surface area contributed by atoms with E-state index in [9.17, 15) is 4.39 Å². The molecule has 2 aromatic rings. The summed E-state index contributed by atoms with van der Waals surface area (Å²) in [6.45, 7) is 4.04. The van der Waals surface area contributed by atoms with Crippen LogP contribution in [0.4, 0.5) is 10.1 Å². The van der Waals surface area contributed by atoms with Crippen molar-refractivity contribution < 1.29 is 4.39 Å². The minimum absolute atomic E-state index is 0.101. The minimum atomic E-state index is -0.198. The van der Waals surface area contributed by atoms with E-state index in [0.717, 1.165) is 23.4 Å². The summed E-state index contributed by atoms with van der Waals surface area (Å²) < 4.78 is 13.2. The summed E-state index contributed by atoms with van der Waals surface area (Å²) in [4.78, 5) is 4.24. The third-order valence-corrected chi connectivity index (χ3v) is 3.00. The van der Waals surface area contributed by atoms with Crippen LogP contribution in [0.1, 0.15) is 30.6 Å². The van der Waals surface area contributed by atoms with Crippen molar-refractivity contribution in [2.75, 3.05) is 5.32 Å². The second-order valence-corrected chi connectivity index (χ2v) is 4.30. The van der Waals surface area contributed by atoms with Gasteiger partial charge in [0.1, 0.15) is 5.82 Å². The van der Waals surface area contributed by atoms with Crippen molar-refractivity contribution in [2.45, 2.75) is 26.3 Å². The first-order valence-electron chi connectivity index (χ1n) is 6.14. The molecular formula is C15H17FN2. The highest BCUT2D eigenvalue weighted by Gasteiger charge is 2.10. The Balaban J connectivity index is 2.23. The van der Waals surface area contributed by atoms with Gasteiger partial charge >= 0.3 is 0 Å². The molecule has 0 bridgehead atoms. The van der Waals surface area contributed by atoms with Crippen LogP contribution >= 0.6 is 0 Å². The van der Waals surface area contributed by atoms with Gasteiger partial charge in [-0.2, -0.15) is 0 Å². The first-order valence-corrected chi connectivity index (χ1v) is 6.14. The van der Waals surface area contributed by atoms with Crippen molar-refractivity contribution in [2.24, 2.45) is 0 Å². The van der Waals surface area contributed by atoms with Crippen molar-refractivity contribution in [3.8, 4) is 0 Å². The maximum absolute atomic E-state index is 13.2. The Hall–Kier alpha value is -1.90. The van der Waals surface area contributed by atoms with E-state index in [4.69, 9.17) is 0 Å². The van der Waals surface area contributed by atoms with E-state index >= 15 is 0 Å². The summed E-state index contributed by atoms with van der Waals surface area (Å²) in [5.41, 5.74) is 2.90. The average Bonchev–Trinajstić information content (AvgIpc) is 2.38. The summed E-state index contributed by atoms with van der Waals surface area (Å²) in [6, 6.07) is 10.7. The molecule has 1 unspecified atom stereocenters. The van der Waals surface area contributed by atoms with E-state index in [2.05, 4.69) is 17.2 Å². The molecular weight excluding hydrogens is 227 g/mol. The van der Waals surface area contributed by atoms with Gasteiger partial charge in [-0.15, -0.1) is 0 Å². The van der Waals surface area contributed by atoms with Gasteiger partial charge in [-0.25, -0.2) is 4.39 Å². The first kappa shape index (κ1) is 12.6. The van der Waals surface area contributed by atoms with Gasteiger partial charge in [-0.3, -0.25) is 4.98 Å². The molecule has 0 radical (unpaired) electrons. The molecule has 3 heteroatoms. The van der Waals surface area contributed by atoms with Gasteiger partial charge in [0.25, 0.3) is 0 Å². The van der Waals surface area contributed by atoms with E-state index in [1.54, 1.807) is 18.3 Å². The molecule has 0 saturated carbocycles. The van der Waals surface area contributed by atoms with Crippen LogP contribution < -0.4 is 5.32 Å². The third-order valence-electron chi connectivity index (χ3n) is 3.00. The monoisotopic (exact) mass is 244 g/mol. The number of aromatic nitrogens is 1. The zero-order chi connectivity index (χ0) is 13.0. The molecule has 0 aliphatic carbocycles. The van der Waals surface area contributed by atoms with Crippen molar-refractivity contribution in [1.29, 1.82) is 0 Å². The maximum atomic E-state index is 13.2. The van der Waals surface area contributed by atoms with Crippen LogP contribution in [0.2, 0.25) is 0 Å². The van der Waals surface area contributed by atoms with Crippen molar-refractivity contribution in [1.82, 2.24) is 4.98 Å². The van der Waals surface area contributed by atoms with Crippen LogP contribution in [0.15, 0.2) is 42.6 Å². The Morgan fingerprint density at radius 1 is 1.28 bits per heavy atom. The molecule has 1 N–H and O–H groups in total. The summed E-state index contributed by atoms with van der Waals surface area (Å²) in [5.74, 6) is -0.198. The van der Waals surface area contributed by atoms with Crippen molar-refractivity contribution in [3.63, 3.8) is 0 Å². The molecule has 2 rings (SSSR count). The summed E-state index contributed by atoms with van der Waals surface area (Å²) in [5, 5.41) is 3.41. The van der Waals surface area contributed by atoms with Crippen LogP contribution in [-0.2, 0) is 0 Å². The first-order chi connectivity index (χ1) is 8.70. The number of nitrogens with zero attached hydrogens (tertiary/aromatic N) is 1. The molecule has 0 fully saturated rings. The van der Waals surface area contributed by atoms with Gasteiger partial charge in [-0.05, 0) is 43.2 Å². The highest BCUT2D eigenvalue weighted by molar-refractivity contribution is 5.48. The number of hydrogen-bond donors (Lipinski definition) is 1. The van der Waals surface area contributed by atoms with Gasteiger partial charge in [0.2, 0.25) is 0 Å². The fourth-order valence-corrected chi connectivity index (χ4v) is 1.97. The van der Waals surface area contributed by atoms with Gasteiger partial charge < -0.3 is 5.32 Å². The highest BCUT2D eigenvalue weighted by Crippen LogP contribution is 2.24. The van der Waals surface area contributed by atoms with Crippen LogP contribution in [0, 0.1) is 12.7 Å². The third kappa shape index (κ3) is 2.86. The normalized spacial score (nSPS) is 12.2. The van der Waals surface area contributed by atoms with E-state index in [1.807, 2.05) is 25.1 Å². The molecule has 1 aromatic heterocycles. The van der Waals surface area contributed by atoms with Gasteiger partial charge in [0.15, 0.2) is 0 Å². The second kappa shape index (κ2) is 5.63. The van der Waals surface area contributed by atoms with Crippen molar-refractivity contribution in [3.05, 3.63) is 59.7 Å². The Kier molecular flexibility index (Phi) is 3.92. The smallest absolute Gasteiger partial charge is 0.123 e. The Labute approximate surface area is 107 Å². The highest BCUT2D eigenvalue weighted by atomic mass is 19.1. The summed E-state index contributed by atoms with van der Waals surface area (Å²) in [6.07, 6.45) is 2.65. The minimum Gasteiger partial charge on any atom is -0.377 e. The number of benzene rings is 1. The van der Waals surface area contributed by atoms with E-state index in [0.29, 0.717) is 0 Å². The number of halogens is 1. The van der Waals surface area contributed by atoms with E-state index < -0.39 is 0 Å². The predicted octanol–water partition coefficient (Wildman–Crippen LogP) is 4.09. The molecule has 0 saturated heterocycles. The zero-order valence-corrected chi connectivity index (χ0v) is 10.7. The molecule has 1 atom stereocenters. The lowest BCUT2D eigenvalue weighted by Gasteiger charge is -2.19. The Morgan fingerprint density at radius 3 is 2.78 bits per heavy atom. The maximum Gasteiger partial charge on any atom is 0.123 e. The average molecular weight is 244 g/mol. The molecule has 0 spiro atoms. The van der Waals surface area contributed by atoms with Crippen LogP contribution in [0.5, 0.6) is 0 Å². The number of aryl methyl sites for hydroxylation is 1. The predicted molar refractivity (Wildman–Crippen MR) is 72.0 cm³/mol. The fraction of sp³-hybridized carbons (Fsp3) is 0.267. The molecule has 2 nitrogen and oxygen atoms in total. The second-order valence-electron chi connectivity index (χ2n) is 4.30.